The van der Waals surface area contributed by atoms with Crippen molar-refractivity contribution < 1.29 is 14.3 Å². The van der Waals surface area contributed by atoms with E-state index in [-0.39, 0.29) is 17.2 Å². The number of amides is 2. The lowest BCUT2D eigenvalue weighted by molar-refractivity contribution is -0.122. The molecule has 0 fully saturated rings. The summed E-state index contributed by atoms with van der Waals surface area (Å²) in [5.74, 6) is 0.300. The number of carbonyl (C=O) groups excluding carboxylic acids is 2. The van der Waals surface area contributed by atoms with E-state index in [1.54, 1.807) is 25.1 Å². The molecular formula is C21H24N2O3. The summed E-state index contributed by atoms with van der Waals surface area (Å²) in [7, 11) is 0. The van der Waals surface area contributed by atoms with E-state index >= 15 is 0 Å². The van der Waals surface area contributed by atoms with E-state index in [1.807, 2.05) is 18.2 Å². The number of benzene rings is 2. The number of rotatable bonds is 4. The number of anilines is 1. The van der Waals surface area contributed by atoms with E-state index in [0.29, 0.717) is 23.5 Å². The molecule has 26 heavy (non-hydrogen) atoms. The number of nitrogens with one attached hydrogen (secondary N) is 2. The number of ether oxygens (including phenoxy) is 1. The summed E-state index contributed by atoms with van der Waals surface area (Å²) in [6.07, 6.45) is -0.661. The third kappa shape index (κ3) is 3.72. The Kier molecular flexibility index (Phi) is 4.72. The molecule has 5 nitrogen and oxygen atoms in total. The van der Waals surface area contributed by atoms with Gasteiger partial charge in [-0.25, -0.2) is 0 Å². The van der Waals surface area contributed by atoms with Crippen LogP contribution in [-0.2, 0) is 16.8 Å². The van der Waals surface area contributed by atoms with Gasteiger partial charge in [0.2, 0.25) is 0 Å². The summed E-state index contributed by atoms with van der Waals surface area (Å²) < 4.78 is 5.83. The van der Waals surface area contributed by atoms with Gasteiger partial charge in [0.25, 0.3) is 11.8 Å². The smallest absolute Gasteiger partial charge is 0.265 e. The SMILES string of the molecule is CC(Oc1cccc(C(C)(C)C)c1)C(=O)Nc1cccc2c1CNC2=O. The van der Waals surface area contributed by atoms with Gasteiger partial charge < -0.3 is 15.4 Å². The van der Waals surface area contributed by atoms with Crippen LogP contribution in [0, 0.1) is 0 Å². The minimum Gasteiger partial charge on any atom is -0.481 e. The second-order valence-electron chi connectivity index (χ2n) is 7.54. The monoisotopic (exact) mass is 352 g/mol. The Labute approximate surface area is 153 Å². The normalized spacial score (nSPS) is 14.4. The predicted molar refractivity (Wildman–Crippen MR) is 101 cm³/mol. The fraction of sp³-hybridized carbons (Fsp3) is 0.333. The molecule has 0 radical (unpaired) electrons. The van der Waals surface area contributed by atoms with Gasteiger partial charge >= 0.3 is 0 Å². The highest BCUT2D eigenvalue weighted by atomic mass is 16.5. The molecule has 0 spiro atoms. The van der Waals surface area contributed by atoms with Crippen molar-refractivity contribution in [3.05, 3.63) is 59.2 Å². The quantitative estimate of drug-likeness (QED) is 0.883. The minimum absolute atomic E-state index is 0.00893. The molecule has 1 atom stereocenters. The standard InChI is InChI=1S/C21H24N2O3/c1-13(26-15-8-5-7-14(11-15)21(2,3)4)19(24)23-18-10-6-9-16-17(18)12-22-20(16)25/h5-11,13H,12H2,1-4H3,(H,22,25)(H,23,24). The molecule has 0 aliphatic carbocycles. The summed E-state index contributed by atoms with van der Waals surface area (Å²) in [5, 5.41) is 5.64. The van der Waals surface area contributed by atoms with Crippen LogP contribution < -0.4 is 15.4 Å². The van der Waals surface area contributed by atoms with Crippen LogP contribution >= 0.6 is 0 Å². The number of hydrogen-bond acceptors (Lipinski definition) is 3. The molecule has 3 rings (SSSR count). The number of fused-ring (bicyclic) bond motifs is 1. The molecule has 1 aliphatic rings. The average Bonchev–Trinajstić information content (AvgIpc) is 2.97. The Morgan fingerprint density at radius 2 is 1.92 bits per heavy atom. The lowest BCUT2D eigenvalue weighted by atomic mass is 9.87. The summed E-state index contributed by atoms with van der Waals surface area (Å²) in [6, 6.07) is 13.1. The van der Waals surface area contributed by atoms with E-state index in [0.717, 1.165) is 11.1 Å². The van der Waals surface area contributed by atoms with Crippen molar-refractivity contribution >= 4 is 17.5 Å². The van der Waals surface area contributed by atoms with E-state index in [2.05, 4.69) is 37.5 Å². The van der Waals surface area contributed by atoms with Crippen LogP contribution in [0.25, 0.3) is 0 Å². The molecule has 1 aliphatic heterocycles. The zero-order chi connectivity index (χ0) is 18.9. The lowest BCUT2D eigenvalue weighted by Gasteiger charge is -2.21. The number of carbonyl (C=O) groups is 2. The molecule has 136 valence electrons. The zero-order valence-corrected chi connectivity index (χ0v) is 15.6. The van der Waals surface area contributed by atoms with Crippen LogP contribution in [0.2, 0.25) is 0 Å². The molecular weight excluding hydrogens is 328 g/mol. The molecule has 1 unspecified atom stereocenters. The second-order valence-corrected chi connectivity index (χ2v) is 7.54. The first-order valence-corrected chi connectivity index (χ1v) is 8.74. The highest BCUT2D eigenvalue weighted by molar-refractivity contribution is 6.02. The van der Waals surface area contributed by atoms with Crippen LogP contribution in [0.4, 0.5) is 5.69 Å². The zero-order valence-electron chi connectivity index (χ0n) is 15.6. The molecule has 2 N–H and O–H groups in total. The van der Waals surface area contributed by atoms with Crippen LogP contribution in [0.5, 0.6) is 5.75 Å². The van der Waals surface area contributed by atoms with Crippen molar-refractivity contribution in [1.29, 1.82) is 0 Å². The summed E-state index contributed by atoms with van der Waals surface area (Å²) >= 11 is 0. The van der Waals surface area contributed by atoms with Crippen molar-refractivity contribution in [1.82, 2.24) is 5.32 Å². The molecule has 2 aromatic rings. The van der Waals surface area contributed by atoms with Crippen molar-refractivity contribution in [2.45, 2.75) is 45.8 Å². The lowest BCUT2D eigenvalue weighted by Crippen LogP contribution is -2.30. The van der Waals surface area contributed by atoms with Gasteiger partial charge in [-0.05, 0) is 42.2 Å². The van der Waals surface area contributed by atoms with E-state index < -0.39 is 6.10 Å². The largest absolute Gasteiger partial charge is 0.481 e. The van der Waals surface area contributed by atoms with Crippen LogP contribution in [0.1, 0.15) is 49.2 Å². The fourth-order valence-corrected chi connectivity index (χ4v) is 2.90. The Hall–Kier alpha value is -2.82. The maximum absolute atomic E-state index is 12.5. The third-order valence-corrected chi connectivity index (χ3v) is 4.49. The van der Waals surface area contributed by atoms with Gasteiger partial charge in [-0.2, -0.15) is 0 Å². The molecule has 0 bridgehead atoms. The maximum Gasteiger partial charge on any atom is 0.265 e. The maximum atomic E-state index is 12.5. The van der Waals surface area contributed by atoms with Gasteiger partial charge in [0.1, 0.15) is 5.75 Å². The summed E-state index contributed by atoms with van der Waals surface area (Å²) in [5.41, 5.74) is 3.22. The van der Waals surface area contributed by atoms with Crippen molar-refractivity contribution in [3.8, 4) is 5.75 Å². The van der Waals surface area contributed by atoms with Gasteiger partial charge in [-0.15, -0.1) is 0 Å². The van der Waals surface area contributed by atoms with E-state index in [1.165, 1.54) is 0 Å². The van der Waals surface area contributed by atoms with Gasteiger partial charge in [-0.1, -0.05) is 39.0 Å². The van der Waals surface area contributed by atoms with Crippen LogP contribution in [0.15, 0.2) is 42.5 Å². The molecule has 2 aromatic carbocycles. The molecule has 0 saturated heterocycles. The fourth-order valence-electron chi connectivity index (χ4n) is 2.90. The molecule has 2 amide bonds. The van der Waals surface area contributed by atoms with Crippen molar-refractivity contribution in [3.63, 3.8) is 0 Å². The van der Waals surface area contributed by atoms with Gasteiger partial charge in [0.05, 0.1) is 0 Å². The van der Waals surface area contributed by atoms with Crippen molar-refractivity contribution in [2.24, 2.45) is 0 Å². The highest BCUT2D eigenvalue weighted by Gasteiger charge is 2.24. The summed E-state index contributed by atoms with van der Waals surface area (Å²) in [6.45, 7) is 8.54. The average molecular weight is 352 g/mol. The third-order valence-electron chi connectivity index (χ3n) is 4.49. The van der Waals surface area contributed by atoms with Gasteiger partial charge in [0.15, 0.2) is 6.10 Å². The Morgan fingerprint density at radius 3 is 2.65 bits per heavy atom. The highest BCUT2D eigenvalue weighted by Crippen LogP contribution is 2.27. The molecule has 5 heteroatoms. The van der Waals surface area contributed by atoms with Crippen LogP contribution in [0.3, 0.4) is 0 Å². The van der Waals surface area contributed by atoms with Gasteiger partial charge in [0, 0.05) is 23.4 Å². The van der Waals surface area contributed by atoms with E-state index in [4.69, 9.17) is 4.74 Å². The Bertz CT molecular complexity index is 853. The predicted octanol–water partition coefficient (Wildman–Crippen LogP) is 3.63. The Morgan fingerprint density at radius 1 is 1.19 bits per heavy atom. The number of hydrogen-bond donors (Lipinski definition) is 2. The van der Waals surface area contributed by atoms with Crippen LogP contribution in [-0.4, -0.2) is 17.9 Å². The first kappa shape index (κ1) is 18.0. The molecule has 1 heterocycles. The van der Waals surface area contributed by atoms with Gasteiger partial charge in [-0.3, -0.25) is 9.59 Å². The minimum atomic E-state index is -0.661. The van der Waals surface area contributed by atoms with Crippen molar-refractivity contribution in [2.75, 3.05) is 5.32 Å². The van der Waals surface area contributed by atoms with E-state index in [9.17, 15) is 9.59 Å². The first-order chi connectivity index (χ1) is 12.3. The summed E-state index contributed by atoms with van der Waals surface area (Å²) in [4.78, 5) is 24.3. The second kappa shape index (κ2) is 6.83. The first-order valence-electron chi connectivity index (χ1n) is 8.74. The Balaban J connectivity index is 1.71. The molecule has 0 saturated carbocycles. The molecule has 0 aromatic heterocycles. The topological polar surface area (TPSA) is 67.4 Å².